The van der Waals surface area contributed by atoms with Gasteiger partial charge in [0.1, 0.15) is 5.75 Å². The van der Waals surface area contributed by atoms with E-state index in [9.17, 15) is 5.11 Å². The summed E-state index contributed by atoms with van der Waals surface area (Å²) in [6.45, 7) is 4.16. The summed E-state index contributed by atoms with van der Waals surface area (Å²) >= 11 is 5.02. The first-order valence-corrected chi connectivity index (χ1v) is 6.51. The van der Waals surface area contributed by atoms with Gasteiger partial charge in [0.2, 0.25) is 0 Å². The Labute approximate surface area is 122 Å². The molecule has 0 bridgehead atoms. The molecule has 0 aliphatic rings. The second kappa shape index (κ2) is 6.68. The highest BCUT2D eigenvalue weighted by Crippen LogP contribution is 2.25. The summed E-state index contributed by atoms with van der Waals surface area (Å²) in [5.74, 6) is 0.180. The lowest BCUT2D eigenvalue weighted by Crippen LogP contribution is -2.31. The van der Waals surface area contributed by atoms with E-state index in [1.807, 2.05) is 30.3 Å². The third kappa shape index (κ3) is 3.33. The molecule has 4 nitrogen and oxygen atoms in total. The Balaban J connectivity index is 2.18. The smallest absolute Gasteiger partial charge is 0.187 e. The summed E-state index contributed by atoms with van der Waals surface area (Å²) in [6.07, 6.45) is 3.26. The molecule has 0 heterocycles. The number of rotatable bonds is 4. The van der Waals surface area contributed by atoms with E-state index in [1.54, 1.807) is 18.4 Å². The van der Waals surface area contributed by atoms with E-state index >= 15 is 0 Å². The van der Waals surface area contributed by atoms with Crippen molar-refractivity contribution in [3.63, 3.8) is 0 Å². The summed E-state index contributed by atoms with van der Waals surface area (Å²) in [5.41, 5.74) is 3.34. The van der Waals surface area contributed by atoms with Gasteiger partial charge in [0.25, 0.3) is 0 Å². The Kier molecular flexibility index (Phi) is 4.68. The number of benzene rings is 2. The average molecular weight is 285 g/mol. The highest BCUT2D eigenvalue weighted by Gasteiger charge is 2.03. The van der Waals surface area contributed by atoms with Gasteiger partial charge in [-0.15, -0.1) is 6.58 Å². The number of fused-ring (bicyclic) bond motifs is 1. The lowest BCUT2D eigenvalue weighted by molar-refractivity contribution is 0.475. The Morgan fingerprint density at radius 2 is 2.10 bits per heavy atom. The van der Waals surface area contributed by atoms with Crippen molar-refractivity contribution in [2.75, 3.05) is 6.54 Å². The molecular formula is C15H15N3OS. The molecule has 0 fully saturated rings. The standard InChI is InChI=1S/C15H15N3OS/c1-2-9-16-15(20)18-17-10-13-12-6-4-3-5-11(12)7-8-14(13)19/h2-8,10,19H,1,9H2,(H2,16,18,20)/b17-10-. The zero-order valence-corrected chi connectivity index (χ0v) is 11.7. The van der Waals surface area contributed by atoms with Crippen LogP contribution in [0.4, 0.5) is 0 Å². The second-order valence-corrected chi connectivity index (χ2v) is 4.50. The quantitative estimate of drug-likeness (QED) is 0.350. The third-order valence-corrected chi connectivity index (χ3v) is 2.95. The molecule has 0 aliphatic heterocycles. The van der Waals surface area contributed by atoms with Crippen molar-refractivity contribution >= 4 is 34.3 Å². The highest BCUT2D eigenvalue weighted by atomic mass is 32.1. The van der Waals surface area contributed by atoms with Crippen molar-refractivity contribution in [3.8, 4) is 5.75 Å². The molecule has 102 valence electrons. The first kappa shape index (κ1) is 14.0. The Hall–Kier alpha value is -2.40. The molecule has 0 aliphatic carbocycles. The predicted octanol–water partition coefficient (Wildman–Crippen LogP) is 2.53. The molecule has 0 atom stereocenters. The molecule has 20 heavy (non-hydrogen) atoms. The minimum Gasteiger partial charge on any atom is -0.507 e. The van der Waals surface area contributed by atoms with Crippen molar-refractivity contribution in [2.45, 2.75) is 0 Å². The van der Waals surface area contributed by atoms with Crippen LogP contribution in [-0.2, 0) is 0 Å². The van der Waals surface area contributed by atoms with Crippen molar-refractivity contribution in [1.82, 2.24) is 10.7 Å². The zero-order valence-electron chi connectivity index (χ0n) is 10.8. The van der Waals surface area contributed by atoms with E-state index in [1.165, 1.54) is 0 Å². The monoisotopic (exact) mass is 285 g/mol. The number of hydrazone groups is 1. The number of nitrogens with one attached hydrogen (secondary N) is 2. The first-order valence-electron chi connectivity index (χ1n) is 6.11. The van der Waals surface area contributed by atoms with Crippen molar-refractivity contribution in [3.05, 3.63) is 54.6 Å². The minimum absolute atomic E-state index is 0.180. The fourth-order valence-corrected chi connectivity index (χ4v) is 1.92. The van der Waals surface area contributed by atoms with Crippen molar-refractivity contribution < 1.29 is 5.11 Å². The number of hydrogen-bond acceptors (Lipinski definition) is 3. The second-order valence-electron chi connectivity index (χ2n) is 4.09. The molecule has 2 rings (SSSR count). The van der Waals surface area contributed by atoms with Crippen LogP contribution in [0.15, 0.2) is 54.2 Å². The van der Waals surface area contributed by atoms with Crippen LogP contribution in [0.1, 0.15) is 5.56 Å². The fraction of sp³-hybridized carbons (Fsp3) is 0.0667. The molecule has 0 saturated carbocycles. The molecule has 0 saturated heterocycles. The molecule has 2 aromatic rings. The van der Waals surface area contributed by atoms with Crippen LogP contribution in [0.2, 0.25) is 0 Å². The summed E-state index contributed by atoms with van der Waals surface area (Å²) < 4.78 is 0. The van der Waals surface area contributed by atoms with Crippen LogP contribution in [0.5, 0.6) is 5.75 Å². The topological polar surface area (TPSA) is 56.7 Å². The lowest BCUT2D eigenvalue weighted by Gasteiger charge is -2.06. The molecule has 0 amide bonds. The molecule has 0 spiro atoms. The number of phenols is 1. The molecule has 2 aromatic carbocycles. The van der Waals surface area contributed by atoms with Gasteiger partial charge in [-0.2, -0.15) is 5.10 Å². The summed E-state index contributed by atoms with van der Waals surface area (Å²) in [6, 6.07) is 11.3. The van der Waals surface area contributed by atoms with Gasteiger partial charge in [0.05, 0.1) is 6.21 Å². The molecule has 0 unspecified atom stereocenters. The summed E-state index contributed by atoms with van der Waals surface area (Å²) in [5, 5.41) is 19.2. The van der Waals surface area contributed by atoms with Crippen LogP contribution in [0.3, 0.4) is 0 Å². The summed E-state index contributed by atoms with van der Waals surface area (Å²) in [4.78, 5) is 0. The lowest BCUT2D eigenvalue weighted by atomic mass is 10.0. The number of thiocarbonyl (C=S) groups is 1. The van der Waals surface area contributed by atoms with E-state index < -0.39 is 0 Å². The zero-order chi connectivity index (χ0) is 14.4. The van der Waals surface area contributed by atoms with Crippen LogP contribution < -0.4 is 10.7 Å². The van der Waals surface area contributed by atoms with E-state index in [2.05, 4.69) is 22.4 Å². The largest absolute Gasteiger partial charge is 0.507 e. The van der Waals surface area contributed by atoms with Crippen LogP contribution >= 0.6 is 12.2 Å². The SMILES string of the molecule is C=CCNC(=S)N/N=C\c1c(O)ccc2ccccc12. The van der Waals surface area contributed by atoms with Gasteiger partial charge >= 0.3 is 0 Å². The van der Waals surface area contributed by atoms with Crippen molar-refractivity contribution in [1.29, 1.82) is 0 Å². The molecule has 0 aromatic heterocycles. The van der Waals surface area contributed by atoms with Gasteiger partial charge in [0, 0.05) is 12.1 Å². The molecule has 0 radical (unpaired) electrons. The predicted molar refractivity (Wildman–Crippen MR) is 87.1 cm³/mol. The number of nitrogens with zero attached hydrogens (tertiary/aromatic N) is 1. The normalized spacial score (nSPS) is 10.6. The number of aromatic hydroxyl groups is 1. The number of hydrogen-bond donors (Lipinski definition) is 3. The van der Waals surface area contributed by atoms with Gasteiger partial charge in [-0.05, 0) is 29.1 Å². The molecular weight excluding hydrogens is 270 g/mol. The maximum Gasteiger partial charge on any atom is 0.187 e. The first-order chi connectivity index (χ1) is 9.72. The summed E-state index contributed by atoms with van der Waals surface area (Å²) in [7, 11) is 0. The van der Waals surface area contributed by atoms with Crippen molar-refractivity contribution in [2.24, 2.45) is 5.10 Å². The fourth-order valence-electron chi connectivity index (χ4n) is 1.78. The Bertz CT molecular complexity index is 667. The molecule has 5 heteroatoms. The van der Waals surface area contributed by atoms with E-state index in [0.717, 1.165) is 10.8 Å². The highest BCUT2D eigenvalue weighted by molar-refractivity contribution is 7.80. The van der Waals surface area contributed by atoms with Gasteiger partial charge in [0.15, 0.2) is 5.11 Å². The van der Waals surface area contributed by atoms with Gasteiger partial charge < -0.3 is 10.4 Å². The van der Waals surface area contributed by atoms with E-state index in [-0.39, 0.29) is 5.75 Å². The molecule has 3 N–H and O–H groups in total. The minimum atomic E-state index is 0.180. The average Bonchev–Trinajstić information content (AvgIpc) is 2.47. The van der Waals surface area contributed by atoms with Crippen LogP contribution in [0.25, 0.3) is 10.8 Å². The third-order valence-electron chi connectivity index (χ3n) is 2.71. The van der Waals surface area contributed by atoms with E-state index in [4.69, 9.17) is 12.2 Å². The Morgan fingerprint density at radius 3 is 2.90 bits per heavy atom. The maximum absolute atomic E-state index is 9.93. The number of phenolic OH excluding ortho intramolecular Hbond substituents is 1. The van der Waals surface area contributed by atoms with Gasteiger partial charge in [-0.3, -0.25) is 5.43 Å². The van der Waals surface area contributed by atoms with Crippen LogP contribution in [-0.4, -0.2) is 23.0 Å². The van der Waals surface area contributed by atoms with E-state index in [0.29, 0.717) is 17.2 Å². The maximum atomic E-state index is 9.93. The Morgan fingerprint density at radius 1 is 1.30 bits per heavy atom. The van der Waals surface area contributed by atoms with Gasteiger partial charge in [-0.1, -0.05) is 36.4 Å². The van der Waals surface area contributed by atoms with Crippen LogP contribution in [0, 0.1) is 0 Å². The van der Waals surface area contributed by atoms with Gasteiger partial charge in [-0.25, -0.2) is 0 Å².